The maximum absolute atomic E-state index is 5.59. The van der Waals surface area contributed by atoms with Gasteiger partial charge in [-0.05, 0) is 29.8 Å². The van der Waals surface area contributed by atoms with Crippen LogP contribution in [0.15, 0.2) is 42.5 Å². The van der Waals surface area contributed by atoms with E-state index in [-0.39, 0.29) is 6.04 Å². The van der Waals surface area contributed by atoms with Gasteiger partial charge in [-0.1, -0.05) is 49.4 Å². The van der Waals surface area contributed by atoms with Crippen LogP contribution in [0.2, 0.25) is 0 Å². The zero-order valence-electron chi connectivity index (χ0n) is 11.1. The predicted molar refractivity (Wildman–Crippen MR) is 76.9 cm³/mol. The van der Waals surface area contributed by atoms with E-state index in [0.29, 0.717) is 0 Å². The predicted octanol–water partition coefficient (Wildman–Crippen LogP) is 3.53. The summed E-state index contributed by atoms with van der Waals surface area (Å²) in [5.74, 6) is 0. The van der Waals surface area contributed by atoms with Crippen LogP contribution in [0.25, 0.3) is 10.8 Å². The molecule has 2 heteroatoms. The van der Waals surface area contributed by atoms with Crippen LogP contribution in [0.4, 0.5) is 0 Å². The number of hydrogen-bond acceptors (Lipinski definition) is 2. The number of ether oxygens (including phenoxy) is 1. The first-order valence-corrected chi connectivity index (χ1v) is 6.65. The normalized spacial score (nSPS) is 12.8. The lowest BCUT2D eigenvalue weighted by molar-refractivity contribution is 0.124. The molecule has 0 aliphatic rings. The second kappa shape index (κ2) is 6.53. The van der Waals surface area contributed by atoms with Gasteiger partial charge in [-0.15, -0.1) is 0 Å². The van der Waals surface area contributed by atoms with E-state index in [0.717, 1.165) is 19.8 Å². The molecule has 0 saturated carbocycles. The molecule has 0 radical (unpaired) electrons. The summed E-state index contributed by atoms with van der Waals surface area (Å²) < 4.78 is 5.59. The second-order valence-electron chi connectivity index (χ2n) is 4.34. The number of benzene rings is 2. The van der Waals surface area contributed by atoms with Gasteiger partial charge in [-0.2, -0.15) is 0 Å². The Morgan fingerprint density at radius 3 is 2.61 bits per heavy atom. The Morgan fingerprint density at radius 2 is 1.83 bits per heavy atom. The summed E-state index contributed by atoms with van der Waals surface area (Å²) >= 11 is 0. The molecule has 0 heterocycles. The van der Waals surface area contributed by atoms with E-state index in [1.165, 1.54) is 16.3 Å². The Balaban J connectivity index is 2.36. The Kier molecular flexibility index (Phi) is 4.73. The summed E-state index contributed by atoms with van der Waals surface area (Å²) in [5.41, 5.74) is 1.32. The smallest absolute Gasteiger partial charge is 0.0661 e. The summed E-state index contributed by atoms with van der Waals surface area (Å²) in [6.45, 7) is 6.59. The van der Waals surface area contributed by atoms with Crippen LogP contribution in [0, 0.1) is 0 Å². The molecular formula is C16H21NO. The molecule has 0 aliphatic heterocycles. The highest BCUT2D eigenvalue weighted by Gasteiger charge is 2.12. The van der Waals surface area contributed by atoms with Crippen molar-refractivity contribution < 1.29 is 4.74 Å². The van der Waals surface area contributed by atoms with Crippen LogP contribution in [0.3, 0.4) is 0 Å². The third-order valence-electron chi connectivity index (χ3n) is 3.14. The molecule has 1 unspecified atom stereocenters. The molecule has 2 aromatic rings. The van der Waals surface area contributed by atoms with E-state index < -0.39 is 0 Å². The molecule has 1 atom stereocenters. The average molecular weight is 243 g/mol. The van der Waals surface area contributed by atoms with Crippen LogP contribution in [0.5, 0.6) is 0 Å². The van der Waals surface area contributed by atoms with E-state index in [1.54, 1.807) is 0 Å². The Bertz CT molecular complexity index is 490. The first-order chi connectivity index (χ1) is 8.86. The van der Waals surface area contributed by atoms with Gasteiger partial charge in [0.25, 0.3) is 0 Å². The summed E-state index contributed by atoms with van der Waals surface area (Å²) in [6.07, 6.45) is 0. The van der Waals surface area contributed by atoms with Crippen molar-refractivity contribution in [1.29, 1.82) is 0 Å². The van der Waals surface area contributed by atoms with Crippen molar-refractivity contribution in [3.05, 3.63) is 48.0 Å². The van der Waals surface area contributed by atoms with E-state index in [1.807, 2.05) is 6.92 Å². The highest BCUT2D eigenvalue weighted by Crippen LogP contribution is 2.24. The molecule has 1 N–H and O–H groups in total. The number of rotatable bonds is 6. The van der Waals surface area contributed by atoms with Crippen molar-refractivity contribution in [1.82, 2.24) is 5.32 Å². The lowest BCUT2D eigenvalue weighted by atomic mass is 9.99. The number of hydrogen-bond donors (Lipinski definition) is 1. The molecule has 2 nitrogen and oxygen atoms in total. The zero-order valence-corrected chi connectivity index (χ0v) is 11.1. The number of likely N-dealkylation sites (N-methyl/N-ethyl adjacent to an activating group) is 1. The van der Waals surface area contributed by atoms with Gasteiger partial charge >= 0.3 is 0 Å². The van der Waals surface area contributed by atoms with Gasteiger partial charge in [0.15, 0.2) is 0 Å². The Labute approximate surface area is 109 Å². The summed E-state index contributed by atoms with van der Waals surface area (Å²) in [4.78, 5) is 0. The molecule has 0 bridgehead atoms. The van der Waals surface area contributed by atoms with Crippen molar-refractivity contribution >= 4 is 10.8 Å². The van der Waals surface area contributed by atoms with Gasteiger partial charge < -0.3 is 10.1 Å². The summed E-state index contributed by atoms with van der Waals surface area (Å²) in [7, 11) is 0. The standard InChI is InChI=1S/C16H21NO/c1-3-17-16(12-18-4-2)15-11-7-9-13-8-5-6-10-14(13)15/h5-11,16-17H,3-4,12H2,1-2H3. The van der Waals surface area contributed by atoms with Gasteiger partial charge in [0.1, 0.15) is 0 Å². The third kappa shape index (κ3) is 2.89. The maximum atomic E-state index is 5.59. The third-order valence-corrected chi connectivity index (χ3v) is 3.14. The van der Waals surface area contributed by atoms with E-state index in [9.17, 15) is 0 Å². The van der Waals surface area contributed by atoms with Gasteiger partial charge in [-0.25, -0.2) is 0 Å². The van der Waals surface area contributed by atoms with Crippen LogP contribution < -0.4 is 5.32 Å². The average Bonchev–Trinajstić information content (AvgIpc) is 2.43. The quantitative estimate of drug-likeness (QED) is 0.838. The van der Waals surface area contributed by atoms with Gasteiger partial charge in [-0.3, -0.25) is 0 Å². The molecular weight excluding hydrogens is 222 g/mol. The molecule has 18 heavy (non-hydrogen) atoms. The highest BCUT2D eigenvalue weighted by molar-refractivity contribution is 5.86. The summed E-state index contributed by atoms with van der Waals surface area (Å²) in [6, 6.07) is 15.2. The minimum absolute atomic E-state index is 0.265. The van der Waals surface area contributed by atoms with Crippen molar-refractivity contribution in [3.8, 4) is 0 Å². The topological polar surface area (TPSA) is 21.3 Å². The molecule has 0 amide bonds. The lowest BCUT2D eigenvalue weighted by Crippen LogP contribution is -2.25. The fourth-order valence-electron chi connectivity index (χ4n) is 2.30. The van der Waals surface area contributed by atoms with Crippen LogP contribution in [-0.4, -0.2) is 19.8 Å². The monoisotopic (exact) mass is 243 g/mol. The van der Waals surface area contributed by atoms with Crippen LogP contribution in [0.1, 0.15) is 25.5 Å². The van der Waals surface area contributed by atoms with Crippen LogP contribution >= 0.6 is 0 Å². The minimum atomic E-state index is 0.265. The fourth-order valence-corrected chi connectivity index (χ4v) is 2.30. The van der Waals surface area contributed by atoms with Crippen molar-refractivity contribution in [3.63, 3.8) is 0 Å². The van der Waals surface area contributed by atoms with Crippen molar-refractivity contribution in [2.45, 2.75) is 19.9 Å². The highest BCUT2D eigenvalue weighted by atomic mass is 16.5. The summed E-state index contributed by atoms with van der Waals surface area (Å²) in [5, 5.41) is 6.10. The minimum Gasteiger partial charge on any atom is -0.380 e. The molecule has 0 aromatic heterocycles. The molecule has 0 fully saturated rings. The Hall–Kier alpha value is -1.38. The first kappa shape index (κ1) is 13.1. The van der Waals surface area contributed by atoms with E-state index in [2.05, 4.69) is 54.7 Å². The molecule has 96 valence electrons. The zero-order chi connectivity index (χ0) is 12.8. The molecule has 0 aliphatic carbocycles. The van der Waals surface area contributed by atoms with Crippen molar-refractivity contribution in [2.75, 3.05) is 19.8 Å². The van der Waals surface area contributed by atoms with E-state index in [4.69, 9.17) is 4.74 Å². The molecule has 0 saturated heterocycles. The molecule has 2 aromatic carbocycles. The maximum Gasteiger partial charge on any atom is 0.0661 e. The Morgan fingerprint density at radius 1 is 1.06 bits per heavy atom. The second-order valence-corrected chi connectivity index (χ2v) is 4.34. The van der Waals surface area contributed by atoms with Gasteiger partial charge in [0.2, 0.25) is 0 Å². The van der Waals surface area contributed by atoms with Crippen LogP contribution in [-0.2, 0) is 4.74 Å². The first-order valence-electron chi connectivity index (χ1n) is 6.65. The van der Waals surface area contributed by atoms with Crippen molar-refractivity contribution in [2.24, 2.45) is 0 Å². The fraction of sp³-hybridized carbons (Fsp3) is 0.375. The SMILES string of the molecule is CCNC(COCC)c1cccc2ccccc12. The van der Waals surface area contributed by atoms with Gasteiger partial charge in [0, 0.05) is 6.61 Å². The largest absolute Gasteiger partial charge is 0.380 e. The van der Waals surface area contributed by atoms with Gasteiger partial charge in [0.05, 0.1) is 12.6 Å². The van der Waals surface area contributed by atoms with E-state index >= 15 is 0 Å². The molecule has 0 spiro atoms. The molecule has 2 rings (SSSR count). The lowest BCUT2D eigenvalue weighted by Gasteiger charge is -2.20. The number of nitrogens with one attached hydrogen (secondary N) is 1. The number of fused-ring (bicyclic) bond motifs is 1.